The minimum Gasteiger partial charge on any atom is -0.361 e. The summed E-state index contributed by atoms with van der Waals surface area (Å²) in [6, 6.07) is 2.94. The molecule has 1 heterocycles. The second kappa shape index (κ2) is 7.58. The van der Waals surface area contributed by atoms with Crippen LogP contribution in [-0.4, -0.2) is 19.2 Å². The van der Waals surface area contributed by atoms with Crippen LogP contribution in [0, 0.1) is 5.82 Å². The molecule has 2 rings (SSSR count). The van der Waals surface area contributed by atoms with E-state index in [2.05, 4.69) is 35.6 Å². The van der Waals surface area contributed by atoms with Gasteiger partial charge in [0.15, 0.2) is 5.82 Å². The zero-order valence-electron chi connectivity index (χ0n) is 14.1. The monoisotopic (exact) mass is 459 g/mol. The van der Waals surface area contributed by atoms with E-state index in [9.17, 15) is 17.6 Å². The summed E-state index contributed by atoms with van der Waals surface area (Å²) in [6.07, 6.45) is -4.59. The van der Waals surface area contributed by atoms with Crippen molar-refractivity contribution in [1.82, 2.24) is 4.57 Å². The molecule has 1 aromatic heterocycles. The van der Waals surface area contributed by atoms with Crippen LogP contribution in [0.5, 0.6) is 0 Å². The molecular weight excluding hydrogens is 442 g/mol. The van der Waals surface area contributed by atoms with Crippen molar-refractivity contribution in [3.05, 3.63) is 33.7 Å². The molecule has 0 bridgehead atoms. The molecule has 0 aliphatic heterocycles. The molecule has 25 heavy (non-hydrogen) atoms. The molecule has 0 saturated carbocycles. The molecule has 0 aliphatic rings. The van der Waals surface area contributed by atoms with Crippen LogP contribution in [0.2, 0.25) is 25.7 Å². The number of ether oxygens (including phenoxy) is 1. The zero-order valence-corrected chi connectivity index (χ0v) is 17.4. The first-order valence-electron chi connectivity index (χ1n) is 7.66. The van der Waals surface area contributed by atoms with E-state index in [4.69, 9.17) is 16.3 Å². The number of hydrogen-bond acceptors (Lipinski definition) is 1. The lowest BCUT2D eigenvalue weighted by atomic mass is 10.1. The topological polar surface area (TPSA) is 14.2 Å². The Labute approximate surface area is 158 Å². The van der Waals surface area contributed by atoms with Gasteiger partial charge in [0, 0.05) is 25.8 Å². The van der Waals surface area contributed by atoms with Crippen LogP contribution in [0.25, 0.3) is 10.9 Å². The van der Waals surface area contributed by atoms with Gasteiger partial charge in [-0.1, -0.05) is 19.6 Å². The number of alkyl halides is 4. The highest BCUT2D eigenvalue weighted by Gasteiger charge is 2.35. The largest absolute Gasteiger partial charge is 0.417 e. The molecule has 0 aliphatic carbocycles. The average molecular weight is 461 g/mol. The predicted molar refractivity (Wildman–Crippen MR) is 98.3 cm³/mol. The predicted octanol–water partition coefficient (Wildman–Crippen LogP) is 6.61. The van der Waals surface area contributed by atoms with Gasteiger partial charge in [0.25, 0.3) is 0 Å². The van der Waals surface area contributed by atoms with E-state index >= 15 is 0 Å². The molecule has 0 atom stereocenters. The van der Waals surface area contributed by atoms with Crippen molar-refractivity contribution in [3.8, 4) is 0 Å². The molecule has 140 valence electrons. The Morgan fingerprint density at radius 1 is 1.24 bits per heavy atom. The molecule has 0 fully saturated rings. The number of hydrogen-bond donors (Lipinski definition) is 0. The van der Waals surface area contributed by atoms with Crippen molar-refractivity contribution in [1.29, 1.82) is 0 Å². The summed E-state index contributed by atoms with van der Waals surface area (Å²) in [5.41, 5.74) is -0.666. The van der Waals surface area contributed by atoms with Gasteiger partial charge in [-0.25, -0.2) is 4.39 Å². The molecule has 2 aromatic rings. The van der Waals surface area contributed by atoms with Gasteiger partial charge in [0.05, 0.1) is 21.4 Å². The maximum atomic E-state index is 14.5. The van der Waals surface area contributed by atoms with E-state index in [-0.39, 0.29) is 28.0 Å². The lowest BCUT2D eigenvalue weighted by molar-refractivity contribution is -0.136. The van der Waals surface area contributed by atoms with Gasteiger partial charge in [0.2, 0.25) is 0 Å². The summed E-state index contributed by atoms with van der Waals surface area (Å²) >= 11 is 8.74. The van der Waals surface area contributed by atoms with Gasteiger partial charge in [-0.05, 0) is 34.1 Å². The van der Waals surface area contributed by atoms with E-state index in [0.29, 0.717) is 12.3 Å². The van der Waals surface area contributed by atoms with Gasteiger partial charge in [0.1, 0.15) is 6.73 Å². The van der Waals surface area contributed by atoms with Crippen molar-refractivity contribution >= 4 is 46.5 Å². The Bertz CT molecular complexity index is 770. The van der Waals surface area contributed by atoms with E-state index in [1.807, 2.05) is 0 Å². The Morgan fingerprint density at radius 2 is 1.88 bits per heavy atom. The molecule has 9 heteroatoms. The van der Waals surface area contributed by atoms with Gasteiger partial charge < -0.3 is 9.30 Å². The summed E-state index contributed by atoms with van der Waals surface area (Å²) in [4.78, 5) is 0. The van der Waals surface area contributed by atoms with Crippen LogP contribution < -0.4 is 0 Å². The van der Waals surface area contributed by atoms with E-state index in [0.717, 1.165) is 12.1 Å². The van der Waals surface area contributed by atoms with E-state index in [1.165, 1.54) is 10.6 Å². The Hall–Kier alpha value is -0.573. The highest BCUT2D eigenvalue weighted by Crippen LogP contribution is 2.40. The van der Waals surface area contributed by atoms with E-state index in [1.54, 1.807) is 0 Å². The van der Waals surface area contributed by atoms with Crippen LogP contribution in [0.4, 0.5) is 17.6 Å². The first-order chi connectivity index (χ1) is 11.5. The lowest BCUT2D eigenvalue weighted by Gasteiger charge is -2.17. The average Bonchev–Trinajstić information content (AvgIpc) is 2.84. The fraction of sp³-hybridized carbons (Fsp3) is 0.500. The SMILES string of the molecule is C[Si](C)(C)CCOCn1c(CCl)cc2c(C(F)(F)F)cc(Br)c(F)c21. The number of aromatic nitrogens is 1. The highest BCUT2D eigenvalue weighted by atomic mass is 79.9. The summed E-state index contributed by atoms with van der Waals surface area (Å²) in [5.74, 6) is -0.798. The Kier molecular flexibility index (Phi) is 6.29. The third kappa shape index (κ3) is 4.78. The van der Waals surface area contributed by atoms with E-state index < -0.39 is 25.6 Å². The van der Waals surface area contributed by atoms with Crippen LogP contribution in [-0.2, 0) is 23.5 Å². The third-order valence-electron chi connectivity index (χ3n) is 3.82. The van der Waals surface area contributed by atoms with Gasteiger partial charge in [-0.2, -0.15) is 13.2 Å². The number of benzene rings is 1. The minimum atomic E-state index is -4.59. The van der Waals surface area contributed by atoms with Crippen molar-refractivity contribution in [3.63, 3.8) is 0 Å². The molecule has 0 radical (unpaired) electrons. The zero-order chi connectivity index (χ0) is 19.0. The Balaban J connectivity index is 2.47. The fourth-order valence-electron chi connectivity index (χ4n) is 2.45. The van der Waals surface area contributed by atoms with Crippen LogP contribution >= 0.6 is 27.5 Å². The molecule has 0 amide bonds. The number of rotatable bonds is 6. The van der Waals surface area contributed by atoms with Crippen molar-refractivity contribution in [2.75, 3.05) is 6.61 Å². The molecule has 0 unspecified atom stereocenters. The Morgan fingerprint density at radius 3 is 2.40 bits per heavy atom. The third-order valence-corrected chi connectivity index (χ3v) is 6.38. The summed E-state index contributed by atoms with van der Waals surface area (Å²) in [7, 11) is -1.30. The normalized spacial score (nSPS) is 13.0. The minimum absolute atomic E-state index is 0.0410. The maximum absolute atomic E-state index is 14.5. The van der Waals surface area contributed by atoms with Gasteiger partial charge in [-0.3, -0.25) is 0 Å². The van der Waals surface area contributed by atoms with Crippen LogP contribution in [0.1, 0.15) is 11.3 Å². The van der Waals surface area contributed by atoms with Gasteiger partial charge >= 0.3 is 6.18 Å². The number of nitrogens with zero attached hydrogens (tertiary/aromatic N) is 1. The first kappa shape index (κ1) is 20.7. The quantitative estimate of drug-likeness (QED) is 0.205. The molecule has 0 spiro atoms. The first-order valence-corrected chi connectivity index (χ1v) is 12.7. The smallest absolute Gasteiger partial charge is 0.361 e. The van der Waals surface area contributed by atoms with Crippen molar-refractivity contribution in [2.45, 2.75) is 44.5 Å². The summed E-state index contributed by atoms with van der Waals surface area (Å²) < 4.78 is 61.2. The summed E-state index contributed by atoms with van der Waals surface area (Å²) in [6.45, 7) is 7.01. The van der Waals surface area contributed by atoms with Crippen LogP contribution in [0.15, 0.2) is 16.6 Å². The van der Waals surface area contributed by atoms with Crippen molar-refractivity contribution in [2.24, 2.45) is 0 Å². The molecule has 1 aromatic carbocycles. The van der Waals surface area contributed by atoms with Crippen LogP contribution in [0.3, 0.4) is 0 Å². The molecule has 2 nitrogen and oxygen atoms in total. The van der Waals surface area contributed by atoms with Crippen molar-refractivity contribution < 1.29 is 22.3 Å². The lowest BCUT2D eigenvalue weighted by Crippen LogP contribution is -2.22. The number of fused-ring (bicyclic) bond motifs is 1. The second-order valence-corrected chi connectivity index (χ2v) is 13.8. The summed E-state index contributed by atoms with van der Waals surface area (Å²) in [5, 5.41) is -0.211. The molecule has 0 N–H and O–H groups in total. The standard InChI is InChI=1S/C16H19BrClF4NOSi/c1-25(2,3)5-4-24-9-23-10(8-18)6-11-12(16(20,21)22)7-13(17)14(19)15(11)23/h6-7H,4-5,8-9H2,1-3H3. The molecule has 0 saturated heterocycles. The maximum Gasteiger partial charge on any atom is 0.417 e. The fourth-order valence-corrected chi connectivity index (χ4v) is 3.85. The number of halogens is 6. The van der Waals surface area contributed by atoms with Gasteiger partial charge in [-0.15, -0.1) is 11.6 Å². The molecular formula is C16H19BrClF4NOSi. The second-order valence-electron chi connectivity index (χ2n) is 7.03. The highest BCUT2D eigenvalue weighted by molar-refractivity contribution is 9.10.